The number of hydrogen-bond donors (Lipinski definition) is 1. The molecule has 4 nitrogen and oxygen atoms in total. The zero-order chi connectivity index (χ0) is 16.4. The van der Waals surface area contributed by atoms with Gasteiger partial charge in [-0.3, -0.25) is 0 Å². The average molecular weight is 325 g/mol. The first-order valence-corrected chi connectivity index (χ1v) is 7.76. The van der Waals surface area contributed by atoms with Crippen molar-refractivity contribution in [1.29, 1.82) is 5.41 Å². The predicted molar refractivity (Wildman–Crippen MR) is 95.1 cm³/mol. The number of nitrogens with one attached hydrogen (secondary N) is 1. The Bertz CT molecular complexity index is 894. The number of imidazole rings is 1. The first kappa shape index (κ1) is 15.4. The van der Waals surface area contributed by atoms with E-state index in [1.807, 2.05) is 41.8 Å². The minimum Gasteiger partial charge on any atom is -0.309 e. The Kier molecular flexibility index (Phi) is 4.26. The smallest absolute Gasteiger partial charge is 0.205 e. The highest BCUT2D eigenvalue weighted by molar-refractivity contribution is 6.29. The number of hydrogen-bond acceptors (Lipinski definition) is 3. The van der Waals surface area contributed by atoms with Crippen LogP contribution in [0.15, 0.2) is 48.7 Å². The van der Waals surface area contributed by atoms with Crippen molar-refractivity contribution in [3.05, 3.63) is 65.1 Å². The molecule has 2 aromatic heterocycles. The van der Waals surface area contributed by atoms with Crippen LogP contribution in [0, 0.1) is 5.41 Å². The molecule has 0 saturated heterocycles. The van der Waals surface area contributed by atoms with E-state index in [1.54, 1.807) is 13.1 Å². The van der Waals surface area contributed by atoms with Crippen LogP contribution >= 0.6 is 11.6 Å². The molecule has 3 rings (SSSR count). The summed E-state index contributed by atoms with van der Waals surface area (Å²) in [4.78, 5) is 8.73. The van der Waals surface area contributed by atoms with E-state index in [1.165, 1.54) is 0 Å². The highest BCUT2D eigenvalue weighted by Gasteiger charge is 2.13. The van der Waals surface area contributed by atoms with Gasteiger partial charge >= 0.3 is 0 Å². The fourth-order valence-corrected chi connectivity index (χ4v) is 2.87. The predicted octanol–water partition coefficient (Wildman–Crippen LogP) is 4.58. The number of rotatable bonds is 4. The summed E-state index contributed by atoms with van der Waals surface area (Å²) in [5.74, 6) is 0. The van der Waals surface area contributed by atoms with Crippen molar-refractivity contribution < 1.29 is 0 Å². The van der Waals surface area contributed by atoms with Gasteiger partial charge in [0.25, 0.3) is 0 Å². The van der Waals surface area contributed by atoms with E-state index in [-0.39, 0.29) is 0 Å². The second kappa shape index (κ2) is 6.34. The molecule has 116 valence electrons. The SMILES string of the molecule is C/C=C(/C(C)=N)c1cnc2nc(Cl)n(Cc3ccccc3)c2c1. The average Bonchev–Trinajstić information content (AvgIpc) is 2.84. The third kappa shape index (κ3) is 3.03. The van der Waals surface area contributed by atoms with Crippen molar-refractivity contribution in [3.63, 3.8) is 0 Å². The molecule has 2 heterocycles. The molecule has 0 saturated carbocycles. The van der Waals surface area contributed by atoms with Gasteiger partial charge in [0, 0.05) is 17.5 Å². The summed E-state index contributed by atoms with van der Waals surface area (Å²) in [5.41, 5.74) is 4.91. The fraction of sp³-hybridized carbons (Fsp3) is 0.167. The largest absolute Gasteiger partial charge is 0.309 e. The van der Waals surface area contributed by atoms with E-state index in [0.717, 1.165) is 22.2 Å². The van der Waals surface area contributed by atoms with Gasteiger partial charge in [0.05, 0.1) is 12.1 Å². The molecule has 1 N–H and O–H groups in total. The van der Waals surface area contributed by atoms with Gasteiger partial charge in [0.1, 0.15) is 0 Å². The number of pyridine rings is 1. The van der Waals surface area contributed by atoms with E-state index < -0.39 is 0 Å². The van der Waals surface area contributed by atoms with Crippen LogP contribution in [0.25, 0.3) is 16.7 Å². The maximum absolute atomic E-state index is 7.89. The molecule has 0 radical (unpaired) electrons. The van der Waals surface area contributed by atoms with Crippen LogP contribution in [-0.2, 0) is 6.54 Å². The Balaban J connectivity index is 2.11. The van der Waals surface area contributed by atoms with E-state index in [2.05, 4.69) is 22.1 Å². The minimum absolute atomic E-state index is 0.419. The number of halogens is 1. The van der Waals surface area contributed by atoms with Crippen LogP contribution in [0.5, 0.6) is 0 Å². The lowest BCUT2D eigenvalue weighted by Crippen LogP contribution is -2.01. The molecule has 1 aromatic carbocycles. The topological polar surface area (TPSA) is 54.6 Å². The van der Waals surface area contributed by atoms with Gasteiger partial charge in [-0.2, -0.15) is 4.98 Å². The number of allylic oxidation sites excluding steroid dienone is 2. The summed E-state index contributed by atoms with van der Waals surface area (Å²) in [6.45, 7) is 4.33. The zero-order valence-electron chi connectivity index (χ0n) is 13.0. The van der Waals surface area contributed by atoms with Gasteiger partial charge in [-0.05, 0) is 42.7 Å². The summed E-state index contributed by atoms with van der Waals surface area (Å²) in [5, 5.41) is 8.31. The molecule has 23 heavy (non-hydrogen) atoms. The summed E-state index contributed by atoms with van der Waals surface area (Å²) < 4.78 is 1.94. The lowest BCUT2D eigenvalue weighted by molar-refractivity contribution is 0.825. The third-order valence-electron chi connectivity index (χ3n) is 3.75. The molecule has 0 aliphatic rings. The van der Waals surface area contributed by atoms with Gasteiger partial charge < -0.3 is 9.98 Å². The van der Waals surface area contributed by atoms with E-state index in [0.29, 0.717) is 23.2 Å². The van der Waals surface area contributed by atoms with E-state index in [4.69, 9.17) is 17.0 Å². The van der Waals surface area contributed by atoms with Crippen LogP contribution in [0.4, 0.5) is 0 Å². The number of fused-ring (bicyclic) bond motifs is 1. The number of nitrogens with zero attached hydrogens (tertiary/aromatic N) is 3. The number of aromatic nitrogens is 3. The normalized spacial score (nSPS) is 11.9. The summed E-state index contributed by atoms with van der Waals surface area (Å²) in [7, 11) is 0. The second-order valence-electron chi connectivity index (χ2n) is 5.35. The summed E-state index contributed by atoms with van der Waals surface area (Å²) >= 11 is 6.30. The molecule has 0 spiro atoms. The standard InChI is InChI=1S/C18H17ClN4/c1-3-15(12(2)20)14-9-16-17(21-10-14)22-18(19)23(16)11-13-7-5-4-6-8-13/h3-10,20H,11H2,1-2H3/b15-3-,20-12?. The van der Waals surface area contributed by atoms with Gasteiger partial charge in [-0.25, -0.2) is 4.98 Å². The van der Waals surface area contributed by atoms with Crippen LogP contribution < -0.4 is 0 Å². The minimum atomic E-state index is 0.419. The highest BCUT2D eigenvalue weighted by Crippen LogP contribution is 2.24. The maximum Gasteiger partial charge on any atom is 0.205 e. The van der Waals surface area contributed by atoms with Crippen LogP contribution in [-0.4, -0.2) is 20.2 Å². The van der Waals surface area contributed by atoms with Gasteiger partial charge in [-0.15, -0.1) is 0 Å². The number of benzene rings is 1. The molecule has 5 heteroatoms. The Morgan fingerprint density at radius 1 is 1.30 bits per heavy atom. The lowest BCUT2D eigenvalue weighted by atomic mass is 10.0. The molecular weight excluding hydrogens is 308 g/mol. The fourth-order valence-electron chi connectivity index (χ4n) is 2.64. The summed E-state index contributed by atoms with van der Waals surface area (Å²) in [6.07, 6.45) is 3.66. The van der Waals surface area contributed by atoms with Gasteiger partial charge in [-0.1, -0.05) is 36.4 Å². The maximum atomic E-state index is 7.89. The van der Waals surface area contributed by atoms with Crippen molar-refractivity contribution in [2.45, 2.75) is 20.4 Å². The van der Waals surface area contributed by atoms with Gasteiger partial charge in [0.15, 0.2) is 5.65 Å². The second-order valence-corrected chi connectivity index (χ2v) is 5.68. The van der Waals surface area contributed by atoms with Crippen LogP contribution in [0.1, 0.15) is 25.0 Å². The van der Waals surface area contributed by atoms with E-state index >= 15 is 0 Å². The van der Waals surface area contributed by atoms with Gasteiger partial charge in [0.2, 0.25) is 5.28 Å². The molecule has 0 bridgehead atoms. The zero-order valence-corrected chi connectivity index (χ0v) is 13.8. The Morgan fingerprint density at radius 2 is 2.04 bits per heavy atom. The molecular formula is C18H17ClN4. The Hall–Kier alpha value is -2.46. The van der Waals surface area contributed by atoms with Crippen molar-refractivity contribution in [2.75, 3.05) is 0 Å². The monoisotopic (exact) mass is 324 g/mol. The van der Waals surface area contributed by atoms with Crippen LogP contribution in [0.3, 0.4) is 0 Å². The first-order valence-electron chi connectivity index (χ1n) is 7.38. The van der Waals surface area contributed by atoms with Crippen molar-refractivity contribution in [1.82, 2.24) is 14.5 Å². The Labute approximate surface area is 140 Å². The molecule has 0 atom stereocenters. The molecule has 0 aliphatic carbocycles. The highest BCUT2D eigenvalue weighted by atomic mass is 35.5. The molecule has 0 amide bonds. The van der Waals surface area contributed by atoms with E-state index in [9.17, 15) is 0 Å². The molecule has 0 aliphatic heterocycles. The first-order chi connectivity index (χ1) is 11.1. The Morgan fingerprint density at radius 3 is 2.70 bits per heavy atom. The van der Waals surface area contributed by atoms with Crippen molar-refractivity contribution in [3.8, 4) is 0 Å². The van der Waals surface area contributed by atoms with Crippen molar-refractivity contribution in [2.24, 2.45) is 0 Å². The molecule has 0 unspecified atom stereocenters. The van der Waals surface area contributed by atoms with Crippen LogP contribution in [0.2, 0.25) is 5.28 Å². The quantitative estimate of drug-likeness (QED) is 0.714. The lowest BCUT2D eigenvalue weighted by Gasteiger charge is -2.08. The third-order valence-corrected chi connectivity index (χ3v) is 4.03. The molecule has 3 aromatic rings. The molecule has 0 fully saturated rings. The van der Waals surface area contributed by atoms with Crippen molar-refractivity contribution >= 4 is 34.0 Å². The summed E-state index contributed by atoms with van der Waals surface area (Å²) in [6, 6.07) is 12.1.